The molecule has 0 saturated heterocycles. The Hall–Kier alpha value is -1.94. The van der Waals surface area contributed by atoms with E-state index in [-0.39, 0.29) is 17.5 Å². The summed E-state index contributed by atoms with van der Waals surface area (Å²) in [4.78, 5) is 18.4. The van der Waals surface area contributed by atoms with E-state index in [0.29, 0.717) is 6.54 Å². The minimum absolute atomic E-state index is 0.0979. The highest BCUT2D eigenvalue weighted by Gasteiger charge is 2.38. The minimum Gasteiger partial charge on any atom is -0.340 e. The molecular formula is C17H20ClN3O. The fourth-order valence-electron chi connectivity index (χ4n) is 2.99. The number of hydrogen-bond donors (Lipinski definition) is 0. The highest BCUT2D eigenvalue weighted by atomic mass is 35.5. The predicted molar refractivity (Wildman–Crippen MR) is 87.8 cm³/mol. The highest BCUT2D eigenvalue weighted by Crippen LogP contribution is 2.33. The van der Waals surface area contributed by atoms with Crippen LogP contribution >= 0.6 is 11.6 Å². The second-order valence-electron chi connectivity index (χ2n) is 5.74. The van der Waals surface area contributed by atoms with Crippen molar-refractivity contribution in [1.29, 1.82) is 0 Å². The number of carbonyl (C=O) groups is 1. The topological polar surface area (TPSA) is 26.8 Å². The van der Waals surface area contributed by atoms with Crippen LogP contribution in [0.15, 0.2) is 54.0 Å². The van der Waals surface area contributed by atoms with Crippen LogP contribution in [0.4, 0.5) is 0 Å². The zero-order valence-electron chi connectivity index (χ0n) is 13.0. The van der Waals surface area contributed by atoms with Crippen molar-refractivity contribution in [1.82, 2.24) is 14.7 Å². The van der Waals surface area contributed by atoms with E-state index >= 15 is 0 Å². The molecule has 1 aromatic carbocycles. The molecule has 2 unspecified atom stereocenters. The molecule has 0 N–H and O–H groups in total. The van der Waals surface area contributed by atoms with Gasteiger partial charge in [-0.2, -0.15) is 0 Å². The van der Waals surface area contributed by atoms with E-state index in [0.717, 1.165) is 11.5 Å². The zero-order chi connectivity index (χ0) is 15.9. The summed E-state index contributed by atoms with van der Waals surface area (Å²) in [5, 5.41) is 0. The third-order valence-electron chi connectivity index (χ3n) is 4.33. The first-order chi connectivity index (χ1) is 10.5. The third kappa shape index (κ3) is 2.37. The van der Waals surface area contributed by atoms with Crippen molar-refractivity contribution >= 4 is 17.5 Å². The van der Waals surface area contributed by atoms with Crippen LogP contribution in [-0.4, -0.2) is 46.2 Å². The standard InChI is InChI=1S/C17H20ClN3O/c1-12-17(22)19(2)14-9-10-15(18)20(3)16(14)21(12)11-13-7-5-4-6-8-13/h4-10,12,15H,11H2,1-3H3. The summed E-state index contributed by atoms with van der Waals surface area (Å²) in [5.41, 5.74) is 1.87. The zero-order valence-corrected chi connectivity index (χ0v) is 13.8. The highest BCUT2D eigenvalue weighted by molar-refractivity contribution is 6.21. The Labute approximate surface area is 136 Å². The lowest BCUT2D eigenvalue weighted by molar-refractivity contribution is -0.135. The molecule has 1 aromatic rings. The van der Waals surface area contributed by atoms with Crippen LogP contribution in [0.5, 0.6) is 0 Å². The first kappa shape index (κ1) is 15.0. The lowest BCUT2D eigenvalue weighted by atomic mass is 10.1. The Balaban J connectivity index is 2.03. The largest absolute Gasteiger partial charge is 0.340 e. The van der Waals surface area contributed by atoms with E-state index in [1.165, 1.54) is 5.56 Å². The van der Waals surface area contributed by atoms with Crippen molar-refractivity contribution in [3.05, 3.63) is 59.6 Å². The molecule has 2 aliphatic rings. The summed E-state index contributed by atoms with van der Waals surface area (Å²) in [6.07, 6.45) is 3.84. The lowest BCUT2D eigenvalue weighted by Crippen LogP contribution is -2.54. The van der Waals surface area contributed by atoms with Crippen LogP contribution < -0.4 is 0 Å². The van der Waals surface area contributed by atoms with Gasteiger partial charge < -0.3 is 14.7 Å². The second kappa shape index (κ2) is 5.69. The Morgan fingerprint density at radius 2 is 1.86 bits per heavy atom. The van der Waals surface area contributed by atoms with Gasteiger partial charge in [-0.15, -0.1) is 0 Å². The summed E-state index contributed by atoms with van der Waals surface area (Å²) >= 11 is 6.36. The Bertz CT molecular complexity index is 641. The van der Waals surface area contributed by atoms with E-state index in [1.54, 1.807) is 4.90 Å². The molecule has 0 fully saturated rings. The van der Waals surface area contributed by atoms with Crippen LogP contribution in [0.25, 0.3) is 0 Å². The van der Waals surface area contributed by atoms with Crippen molar-refractivity contribution < 1.29 is 4.79 Å². The molecule has 1 amide bonds. The average Bonchev–Trinajstić information content (AvgIpc) is 2.53. The number of benzene rings is 1. The van der Waals surface area contributed by atoms with Crippen molar-refractivity contribution in [2.24, 2.45) is 0 Å². The first-order valence-corrected chi connectivity index (χ1v) is 7.82. The van der Waals surface area contributed by atoms with Crippen LogP contribution in [0.3, 0.4) is 0 Å². The number of nitrogens with zero attached hydrogens (tertiary/aromatic N) is 3. The van der Waals surface area contributed by atoms with Gasteiger partial charge in [-0.05, 0) is 24.6 Å². The lowest BCUT2D eigenvalue weighted by Gasteiger charge is -2.46. The maximum atomic E-state index is 12.5. The summed E-state index contributed by atoms with van der Waals surface area (Å²) in [7, 11) is 3.78. The number of rotatable bonds is 2. The van der Waals surface area contributed by atoms with Crippen molar-refractivity contribution in [3.63, 3.8) is 0 Å². The predicted octanol–water partition coefficient (Wildman–Crippen LogP) is 2.58. The Kier molecular flexibility index (Phi) is 3.87. The fourth-order valence-corrected chi connectivity index (χ4v) is 3.16. The average molecular weight is 318 g/mol. The summed E-state index contributed by atoms with van der Waals surface area (Å²) in [6.45, 7) is 2.63. The minimum atomic E-state index is -0.221. The van der Waals surface area contributed by atoms with Gasteiger partial charge in [0, 0.05) is 20.6 Å². The van der Waals surface area contributed by atoms with E-state index in [4.69, 9.17) is 11.6 Å². The van der Waals surface area contributed by atoms with Crippen LogP contribution in [-0.2, 0) is 11.3 Å². The summed E-state index contributed by atoms with van der Waals surface area (Å²) < 4.78 is 0. The molecule has 2 aliphatic heterocycles. The van der Waals surface area contributed by atoms with Gasteiger partial charge in [0.1, 0.15) is 17.4 Å². The Morgan fingerprint density at radius 1 is 1.18 bits per heavy atom. The SMILES string of the molecule is CC1C(=O)N(C)C2=C(N(C)C(Cl)C=C2)N1Cc1ccccc1. The molecule has 2 heterocycles. The number of likely N-dealkylation sites (N-methyl/N-ethyl adjacent to an activating group) is 2. The van der Waals surface area contributed by atoms with E-state index < -0.39 is 0 Å². The third-order valence-corrected chi connectivity index (χ3v) is 4.77. The van der Waals surface area contributed by atoms with Crippen molar-refractivity contribution in [2.75, 3.05) is 14.1 Å². The summed E-state index contributed by atoms with van der Waals surface area (Å²) in [5.74, 6) is 1.10. The molecule has 0 bridgehead atoms. The number of carbonyl (C=O) groups excluding carboxylic acids is 1. The van der Waals surface area contributed by atoms with Crippen molar-refractivity contribution in [2.45, 2.75) is 25.0 Å². The van der Waals surface area contributed by atoms with E-state index in [9.17, 15) is 4.79 Å². The molecule has 5 heteroatoms. The summed E-state index contributed by atoms with van der Waals surface area (Å²) in [6, 6.07) is 9.96. The number of allylic oxidation sites excluding steroid dienone is 1. The molecule has 4 nitrogen and oxygen atoms in total. The van der Waals surface area contributed by atoms with Gasteiger partial charge in [0.2, 0.25) is 5.91 Å². The molecular weight excluding hydrogens is 298 g/mol. The van der Waals surface area contributed by atoms with Gasteiger partial charge in [-0.1, -0.05) is 41.9 Å². The Morgan fingerprint density at radius 3 is 2.55 bits per heavy atom. The molecule has 0 aromatic heterocycles. The van der Waals surface area contributed by atoms with Gasteiger partial charge >= 0.3 is 0 Å². The number of halogens is 1. The van der Waals surface area contributed by atoms with Crippen LogP contribution in [0.2, 0.25) is 0 Å². The van der Waals surface area contributed by atoms with Gasteiger partial charge in [0.25, 0.3) is 0 Å². The second-order valence-corrected chi connectivity index (χ2v) is 6.19. The van der Waals surface area contributed by atoms with Gasteiger partial charge in [-0.3, -0.25) is 4.79 Å². The first-order valence-electron chi connectivity index (χ1n) is 7.38. The van der Waals surface area contributed by atoms with E-state index in [1.807, 2.05) is 56.3 Å². The van der Waals surface area contributed by atoms with Gasteiger partial charge in [-0.25, -0.2) is 0 Å². The monoisotopic (exact) mass is 317 g/mol. The normalized spacial score (nSPS) is 24.9. The molecule has 0 spiro atoms. The molecule has 0 radical (unpaired) electrons. The van der Waals surface area contributed by atoms with Crippen LogP contribution in [0.1, 0.15) is 12.5 Å². The molecule has 0 saturated carbocycles. The molecule has 116 valence electrons. The van der Waals surface area contributed by atoms with Gasteiger partial charge in [0.05, 0.1) is 5.70 Å². The molecule has 0 aliphatic carbocycles. The maximum absolute atomic E-state index is 12.5. The van der Waals surface area contributed by atoms with Crippen molar-refractivity contribution in [3.8, 4) is 0 Å². The number of hydrogen-bond acceptors (Lipinski definition) is 3. The molecule has 3 rings (SSSR count). The molecule has 22 heavy (non-hydrogen) atoms. The fraction of sp³-hybridized carbons (Fsp3) is 0.353. The molecule has 2 atom stereocenters. The van der Waals surface area contributed by atoms with Crippen LogP contribution in [0, 0.1) is 0 Å². The smallest absolute Gasteiger partial charge is 0.249 e. The van der Waals surface area contributed by atoms with Gasteiger partial charge in [0.15, 0.2) is 0 Å². The van der Waals surface area contributed by atoms with E-state index in [2.05, 4.69) is 17.0 Å². The number of amides is 1. The maximum Gasteiger partial charge on any atom is 0.249 e. The number of alkyl halides is 1. The quantitative estimate of drug-likeness (QED) is 0.619.